The standard InChI is InChI=1S/C21H13N3O5S/c22-11-16-19(18-2-1-9-30-18)15-8-7-14(10-17(15)29-20(16)23)28-21(25)12-3-5-13(6-4-12)24(26)27/h1-10,19H,23H2. The highest BCUT2D eigenvalue weighted by Crippen LogP contribution is 2.44. The minimum atomic E-state index is -0.670. The SMILES string of the molecule is N#CC1=C(N)Oc2cc(OC(=O)c3ccc([N+](=O)[O-])cc3)ccc2C1c1cccs1. The largest absolute Gasteiger partial charge is 0.440 e. The smallest absolute Gasteiger partial charge is 0.343 e. The number of nitrogens with two attached hydrogens (primary N) is 1. The fraction of sp³-hybridized carbons (Fsp3) is 0.0476. The number of rotatable bonds is 4. The van der Waals surface area contributed by atoms with Crippen LogP contribution >= 0.6 is 11.3 Å². The quantitative estimate of drug-likeness (QED) is 0.292. The molecule has 0 spiro atoms. The lowest BCUT2D eigenvalue weighted by molar-refractivity contribution is -0.384. The number of ether oxygens (including phenoxy) is 2. The van der Waals surface area contributed by atoms with Crippen molar-refractivity contribution in [2.75, 3.05) is 0 Å². The van der Waals surface area contributed by atoms with Crippen LogP contribution in [-0.4, -0.2) is 10.9 Å². The molecule has 2 N–H and O–H groups in total. The first kappa shape index (κ1) is 19.2. The molecule has 9 heteroatoms. The van der Waals surface area contributed by atoms with Gasteiger partial charge in [-0.05, 0) is 29.6 Å². The van der Waals surface area contributed by atoms with E-state index in [0.717, 1.165) is 10.4 Å². The predicted octanol–water partition coefficient (Wildman–Crippen LogP) is 4.09. The molecule has 2 heterocycles. The Labute approximate surface area is 174 Å². The molecular formula is C21H13N3O5S. The summed E-state index contributed by atoms with van der Waals surface area (Å²) < 4.78 is 11.0. The molecule has 1 unspecified atom stereocenters. The Bertz CT molecular complexity index is 1210. The summed E-state index contributed by atoms with van der Waals surface area (Å²) in [5.41, 5.74) is 7.06. The van der Waals surface area contributed by atoms with Crippen LogP contribution in [0.5, 0.6) is 11.5 Å². The Hall–Kier alpha value is -4.16. The maximum atomic E-state index is 12.4. The van der Waals surface area contributed by atoms with E-state index in [2.05, 4.69) is 6.07 Å². The summed E-state index contributed by atoms with van der Waals surface area (Å²) in [6.07, 6.45) is 0. The molecule has 1 aliphatic rings. The van der Waals surface area contributed by atoms with Crippen molar-refractivity contribution in [3.8, 4) is 17.6 Å². The van der Waals surface area contributed by atoms with Crippen LogP contribution < -0.4 is 15.2 Å². The van der Waals surface area contributed by atoms with E-state index in [-0.39, 0.29) is 28.8 Å². The maximum absolute atomic E-state index is 12.4. The third-order valence-electron chi connectivity index (χ3n) is 4.54. The molecule has 0 fully saturated rings. The van der Waals surface area contributed by atoms with Gasteiger partial charge in [-0.25, -0.2) is 4.79 Å². The number of hydrogen-bond acceptors (Lipinski definition) is 8. The maximum Gasteiger partial charge on any atom is 0.343 e. The summed E-state index contributed by atoms with van der Waals surface area (Å²) in [4.78, 5) is 23.5. The van der Waals surface area contributed by atoms with E-state index in [1.807, 2.05) is 17.5 Å². The van der Waals surface area contributed by atoms with E-state index in [1.165, 1.54) is 41.7 Å². The van der Waals surface area contributed by atoms with E-state index in [0.29, 0.717) is 11.3 Å². The number of fused-ring (bicyclic) bond motifs is 1. The first-order valence-electron chi connectivity index (χ1n) is 8.69. The van der Waals surface area contributed by atoms with E-state index in [1.54, 1.807) is 12.1 Å². The molecule has 0 saturated carbocycles. The highest BCUT2D eigenvalue weighted by Gasteiger charge is 2.31. The van der Waals surface area contributed by atoms with E-state index >= 15 is 0 Å². The van der Waals surface area contributed by atoms with E-state index in [9.17, 15) is 20.2 Å². The Kier molecular flexibility index (Phi) is 4.92. The van der Waals surface area contributed by atoms with Gasteiger partial charge in [0.2, 0.25) is 5.88 Å². The number of allylic oxidation sites excluding steroid dienone is 1. The molecule has 0 amide bonds. The van der Waals surface area contributed by atoms with E-state index in [4.69, 9.17) is 15.2 Å². The Balaban J connectivity index is 1.62. The molecule has 0 aliphatic carbocycles. The van der Waals surface area contributed by atoms with Crippen LogP contribution in [0.15, 0.2) is 71.4 Å². The second-order valence-electron chi connectivity index (χ2n) is 6.33. The zero-order chi connectivity index (χ0) is 21.3. The molecule has 4 rings (SSSR count). The number of esters is 1. The van der Waals surface area contributed by atoms with Gasteiger partial charge in [0, 0.05) is 28.6 Å². The fourth-order valence-corrected chi connectivity index (χ4v) is 3.98. The second kappa shape index (κ2) is 7.69. The van der Waals surface area contributed by atoms with Crippen molar-refractivity contribution in [2.24, 2.45) is 5.73 Å². The molecule has 30 heavy (non-hydrogen) atoms. The number of nitro groups is 1. The highest BCUT2D eigenvalue weighted by atomic mass is 32.1. The molecular weight excluding hydrogens is 406 g/mol. The summed E-state index contributed by atoms with van der Waals surface area (Å²) in [7, 11) is 0. The van der Waals surface area contributed by atoms with Crippen molar-refractivity contribution in [3.05, 3.63) is 97.6 Å². The van der Waals surface area contributed by atoms with Crippen molar-refractivity contribution in [1.82, 2.24) is 0 Å². The Morgan fingerprint density at radius 3 is 2.63 bits per heavy atom. The molecule has 1 atom stereocenters. The lowest BCUT2D eigenvalue weighted by atomic mass is 9.88. The van der Waals surface area contributed by atoms with Crippen LogP contribution in [0.4, 0.5) is 5.69 Å². The molecule has 1 aromatic heterocycles. The van der Waals surface area contributed by atoms with Crippen LogP contribution in [0.1, 0.15) is 26.7 Å². The third kappa shape index (κ3) is 3.47. The average Bonchev–Trinajstić information content (AvgIpc) is 3.27. The number of carbonyl (C=O) groups excluding carboxylic acids is 1. The molecule has 1 aliphatic heterocycles. The van der Waals surface area contributed by atoms with Crippen molar-refractivity contribution in [2.45, 2.75) is 5.92 Å². The van der Waals surface area contributed by atoms with Gasteiger partial charge in [-0.2, -0.15) is 5.26 Å². The number of non-ortho nitro benzene ring substituents is 1. The predicted molar refractivity (Wildman–Crippen MR) is 108 cm³/mol. The zero-order valence-electron chi connectivity index (χ0n) is 15.3. The van der Waals surface area contributed by atoms with Crippen LogP contribution in [-0.2, 0) is 0 Å². The first-order chi connectivity index (χ1) is 14.5. The molecule has 0 radical (unpaired) electrons. The number of hydrogen-bond donors (Lipinski definition) is 1. The molecule has 0 bridgehead atoms. The first-order valence-corrected chi connectivity index (χ1v) is 9.57. The van der Waals surface area contributed by atoms with E-state index < -0.39 is 10.9 Å². The van der Waals surface area contributed by atoms with Crippen LogP contribution in [0, 0.1) is 21.4 Å². The number of thiophene rings is 1. The van der Waals surface area contributed by atoms with Gasteiger partial charge in [-0.1, -0.05) is 12.1 Å². The third-order valence-corrected chi connectivity index (χ3v) is 5.48. The summed E-state index contributed by atoms with van der Waals surface area (Å²) >= 11 is 1.50. The summed E-state index contributed by atoms with van der Waals surface area (Å²) in [5.74, 6) is -0.425. The molecule has 0 saturated heterocycles. The number of nitro benzene ring substituents is 1. The van der Waals surface area contributed by atoms with Gasteiger partial charge in [0.15, 0.2) is 0 Å². The summed E-state index contributed by atoms with van der Waals surface area (Å²) in [6.45, 7) is 0. The molecule has 8 nitrogen and oxygen atoms in total. The van der Waals surface area contributed by atoms with Crippen LogP contribution in [0.2, 0.25) is 0 Å². The van der Waals surface area contributed by atoms with Gasteiger partial charge >= 0.3 is 5.97 Å². The van der Waals surface area contributed by atoms with Crippen LogP contribution in [0.25, 0.3) is 0 Å². The fourth-order valence-electron chi connectivity index (χ4n) is 3.13. The van der Waals surface area contributed by atoms with Gasteiger partial charge in [0.05, 0.1) is 16.4 Å². The molecule has 2 aromatic carbocycles. The topological polar surface area (TPSA) is 128 Å². The minimum Gasteiger partial charge on any atom is -0.440 e. The molecule has 3 aromatic rings. The number of nitrogens with zero attached hydrogens (tertiary/aromatic N) is 2. The Morgan fingerprint density at radius 1 is 1.23 bits per heavy atom. The second-order valence-corrected chi connectivity index (χ2v) is 7.31. The van der Waals surface area contributed by atoms with Crippen molar-refractivity contribution < 1.29 is 19.2 Å². The normalized spacial score (nSPS) is 15.0. The minimum absolute atomic E-state index is 0.00208. The summed E-state index contributed by atoms with van der Waals surface area (Å²) in [5, 5.41) is 22.2. The Morgan fingerprint density at radius 2 is 2.00 bits per heavy atom. The number of nitriles is 1. The van der Waals surface area contributed by atoms with Crippen molar-refractivity contribution in [3.63, 3.8) is 0 Å². The van der Waals surface area contributed by atoms with Crippen molar-refractivity contribution in [1.29, 1.82) is 5.26 Å². The zero-order valence-corrected chi connectivity index (χ0v) is 16.1. The average molecular weight is 419 g/mol. The van der Waals surface area contributed by atoms with Gasteiger partial charge in [0.25, 0.3) is 5.69 Å². The van der Waals surface area contributed by atoms with Gasteiger partial charge in [-0.3, -0.25) is 10.1 Å². The lowest BCUT2D eigenvalue weighted by Crippen LogP contribution is -2.20. The number of carbonyl (C=O) groups is 1. The van der Waals surface area contributed by atoms with Gasteiger partial charge in [0.1, 0.15) is 23.1 Å². The summed E-state index contributed by atoms with van der Waals surface area (Å²) in [6, 6.07) is 15.9. The van der Waals surface area contributed by atoms with Gasteiger partial charge < -0.3 is 15.2 Å². The molecule has 148 valence electrons. The van der Waals surface area contributed by atoms with Crippen LogP contribution in [0.3, 0.4) is 0 Å². The number of benzene rings is 2. The highest BCUT2D eigenvalue weighted by molar-refractivity contribution is 7.10. The van der Waals surface area contributed by atoms with Gasteiger partial charge in [-0.15, -0.1) is 11.3 Å². The van der Waals surface area contributed by atoms with Crippen molar-refractivity contribution >= 4 is 23.0 Å². The monoisotopic (exact) mass is 419 g/mol. The lowest BCUT2D eigenvalue weighted by Gasteiger charge is -2.25.